The van der Waals surface area contributed by atoms with Crippen LogP contribution in [0.3, 0.4) is 0 Å². The van der Waals surface area contributed by atoms with Crippen molar-refractivity contribution in [3.05, 3.63) is 64.3 Å². The van der Waals surface area contributed by atoms with E-state index in [1.165, 1.54) is 18.3 Å². The van der Waals surface area contributed by atoms with Gasteiger partial charge < -0.3 is 11.1 Å². The molecule has 0 spiro atoms. The lowest BCUT2D eigenvalue weighted by atomic mass is 10.1. The maximum atomic E-state index is 11.9. The van der Waals surface area contributed by atoms with E-state index < -0.39 is 11.8 Å². The molecule has 6 nitrogen and oxygen atoms in total. The molecule has 0 aliphatic carbocycles. The van der Waals surface area contributed by atoms with Crippen molar-refractivity contribution < 1.29 is 9.59 Å². The van der Waals surface area contributed by atoms with Crippen LogP contribution in [0.15, 0.2) is 42.6 Å². The molecule has 2 amide bonds. The van der Waals surface area contributed by atoms with Crippen LogP contribution in [0, 0.1) is 11.3 Å². The highest BCUT2D eigenvalue weighted by Crippen LogP contribution is 2.20. The van der Waals surface area contributed by atoms with Crippen molar-refractivity contribution >= 4 is 35.3 Å². The average molecular weight is 327 g/mol. The lowest BCUT2D eigenvalue weighted by molar-refractivity contribution is -0.111. The molecule has 1 aromatic carbocycles. The molecule has 0 atom stereocenters. The van der Waals surface area contributed by atoms with Gasteiger partial charge in [0, 0.05) is 12.3 Å². The van der Waals surface area contributed by atoms with E-state index >= 15 is 0 Å². The summed E-state index contributed by atoms with van der Waals surface area (Å²) < 4.78 is 0. The van der Waals surface area contributed by atoms with Crippen molar-refractivity contribution in [1.29, 1.82) is 5.26 Å². The summed E-state index contributed by atoms with van der Waals surface area (Å²) >= 11 is 5.93. The molecule has 0 saturated heterocycles. The fourth-order valence-electron chi connectivity index (χ4n) is 1.71. The molecule has 7 heteroatoms. The van der Waals surface area contributed by atoms with Crippen LogP contribution < -0.4 is 11.1 Å². The third-order valence-corrected chi connectivity index (χ3v) is 3.10. The molecular weight excluding hydrogens is 316 g/mol. The summed E-state index contributed by atoms with van der Waals surface area (Å²) in [6, 6.07) is 10.1. The van der Waals surface area contributed by atoms with Gasteiger partial charge in [0.05, 0.1) is 22.2 Å². The number of rotatable bonds is 4. The fourth-order valence-corrected chi connectivity index (χ4v) is 1.92. The molecule has 0 aliphatic rings. The van der Waals surface area contributed by atoms with E-state index in [1.54, 1.807) is 30.3 Å². The molecule has 0 saturated carbocycles. The van der Waals surface area contributed by atoms with Gasteiger partial charge in [-0.3, -0.25) is 9.59 Å². The number of nitriles is 1. The van der Waals surface area contributed by atoms with Crippen molar-refractivity contribution in [3.8, 4) is 6.07 Å². The molecule has 0 bridgehead atoms. The highest BCUT2D eigenvalue weighted by molar-refractivity contribution is 6.33. The monoisotopic (exact) mass is 326 g/mol. The SMILES string of the molecule is N#Cc1cccc(/C=C/C(=O)Nc2ncc(C(N)=O)cc2Cl)c1. The molecule has 114 valence electrons. The van der Waals surface area contributed by atoms with Crippen molar-refractivity contribution in [3.63, 3.8) is 0 Å². The smallest absolute Gasteiger partial charge is 0.250 e. The van der Waals surface area contributed by atoms with Crippen LogP contribution in [-0.2, 0) is 4.79 Å². The van der Waals surface area contributed by atoms with Crippen LogP contribution in [0.1, 0.15) is 21.5 Å². The van der Waals surface area contributed by atoms with E-state index in [4.69, 9.17) is 22.6 Å². The normalized spacial score (nSPS) is 10.3. The summed E-state index contributed by atoms with van der Waals surface area (Å²) in [6.07, 6.45) is 4.07. The first kappa shape index (κ1) is 16.2. The predicted molar refractivity (Wildman–Crippen MR) is 86.6 cm³/mol. The number of halogens is 1. The predicted octanol–water partition coefficient (Wildman–Crippen LogP) is 2.36. The van der Waals surface area contributed by atoms with E-state index in [-0.39, 0.29) is 16.4 Å². The number of anilines is 1. The van der Waals surface area contributed by atoms with Gasteiger partial charge in [0.25, 0.3) is 0 Å². The third kappa shape index (κ3) is 4.40. The summed E-state index contributed by atoms with van der Waals surface area (Å²) in [5.74, 6) is -0.986. The van der Waals surface area contributed by atoms with Gasteiger partial charge in [-0.05, 0) is 29.8 Å². The second kappa shape index (κ2) is 7.20. The molecule has 0 aliphatic heterocycles. The number of nitrogens with two attached hydrogens (primary N) is 1. The van der Waals surface area contributed by atoms with Gasteiger partial charge in [-0.2, -0.15) is 5.26 Å². The van der Waals surface area contributed by atoms with Gasteiger partial charge in [-0.1, -0.05) is 23.7 Å². The largest absolute Gasteiger partial charge is 0.366 e. The van der Waals surface area contributed by atoms with Crippen LogP contribution >= 0.6 is 11.6 Å². The number of carbonyl (C=O) groups excluding carboxylic acids is 2. The Labute approximate surface area is 137 Å². The lowest BCUT2D eigenvalue weighted by Gasteiger charge is -2.04. The zero-order valence-electron chi connectivity index (χ0n) is 11.8. The maximum absolute atomic E-state index is 11.9. The van der Waals surface area contributed by atoms with Crippen molar-refractivity contribution in [2.75, 3.05) is 5.32 Å². The highest BCUT2D eigenvalue weighted by atomic mass is 35.5. The van der Waals surface area contributed by atoms with Crippen LogP contribution in [0.4, 0.5) is 5.82 Å². The second-order valence-electron chi connectivity index (χ2n) is 4.48. The van der Waals surface area contributed by atoms with Gasteiger partial charge in [0.1, 0.15) is 0 Å². The maximum Gasteiger partial charge on any atom is 0.250 e. The zero-order chi connectivity index (χ0) is 16.8. The first-order valence-corrected chi connectivity index (χ1v) is 6.82. The first-order chi connectivity index (χ1) is 11.0. The van der Waals surface area contributed by atoms with Gasteiger partial charge in [-0.25, -0.2) is 4.98 Å². The minimum Gasteiger partial charge on any atom is -0.366 e. The summed E-state index contributed by atoms with van der Waals surface area (Å²) in [7, 11) is 0. The summed E-state index contributed by atoms with van der Waals surface area (Å²) in [6.45, 7) is 0. The molecule has 0 fully saturated rings. The van der Waals surface area contributed by atoms with Crippen molar-refractivity contribution in [2.45, 2.75) is 0 Å². The number of nitrogens with one attached hydrogen (secondary N) is 1. The Morgan fingerprint density at radius 3 is 2.78 bits per heavy atom. The Morgan fingerprint density at radius 1 is 1.35 bits per heavy atom. The van der Waals surface area contributed by atoms with Crippen molar-refractivity contribution in [1.82, 2.24) is 4.98 Å². The number of benzene rings is 1. The van der Waals surface area contributed by atoms with E-state index in [1.807, 2.05) is 6.07 Å². The molecule has 1 aromatic heterocycles. The Hall–Kier alpha value is -3.17. The molecule has 3 N–H and O–H groups in total. The van der Waals surface area contributed by atoms with Crippen LogP contribution in [0.25, 0.3) is 6.08 Å². The number of pyridine rings is 1. The Morgan fingerprint density at radius 2 is 2.13 bits per heavy atom. The van der Waals surface area contributed by atoms with E-state index in [0.717, 1.165) is 0 Å². The van der Waals surface area contributed by atoms with Crippen molar-refractivity contribution in [2.24, 2.45) is 5.73 Å². The summed E-state index contributed by atoms with van der Waals surface area (Å²) in [4.78, 5) is 26.7. The molecule has 2 rings (SSSR count). The average Bonchev–Trinajstić information content (AvgIpc) is 2.55. The molecule has 0 unspecified atom stereocenters. The van der Waals surface area contributed by atoms with Gasteiger partial charge in [0.2, 0.25) is 11.8 Å². The summed E-state index contributed by atoms with van der Waals surface area (Å²) in [5, 5.41) is 11.4. The number of hydrogen-bond donors (Lipinski definition) is 2. The number of primary amides is 1. The Bertz CT molecular complexity index is 840. The second-order valence-corrected chi connectivity index (χ2v) is 4.89. The topological polar surface area (TPSA) is 109 Å². The third-order valence-electron chi connectivity index (χ3n) is 2.81. The number of amides is 2. The number of aromatic nitrogens is 1. The zero-order valence-corrected chi connectivity index (χ0v) is 12.5. The highest BCUT2D eigenvalue weighted by Gasteiger charge is 2.08. The molecular formula is C16H11ClN4O2. The van der Waals surface area contributed by atoms with Gasteiger partial charge in [0.15, 0.2) is 5.82 Å². The lowest BCUT2D eigenvalue weighted by Crippen LogP contribution is -2.13. The van der Waals surface area contributed by atoms with E-state index in [0.29, 0.717) is 11.1 Å². The van der Waals surface area contributed by atoms with Gasteiger partial charge >= 0.3 is 0 Å². The molecule has 0 radical (unpaired) electrons. The number of nitrogens with zero attached hydrogens (tertiary/aromatic N) is 2. The molecule has 23 heavy (non-hydrogen) atoms. The Kier molecular flexibility index (Phi) is 5.07. The van der Waals surface area contributed by atoms with Crippen LogP contribution in [0.5, 0.6) is 0 Å². The van der Waals surface area contributed by atoms with Crippen LogP contribution in [-0.4, -0.2) is 16.8 Å². The molecule has 2 aromatic rings. The van der Waals surface area contributed by atoms with E-state index in [9.17, 15) is 9.59 Å². The Balaban J connectivity index is 2.09. The van der Waals surface area contributed by atoms with Gasteiger partial charge in [-0.15, -0.1) is 0 Å². The quantitative estimate of drug-likeness (QED) is 0.840. The van der Waals surface area contributed by atoms with E-state index in [2.05, 4.69) is 10.3 Å². The minimum atomic E-state index is -0.658. The number of carbonyl (C=O) groups is 2. The first-order valence-electron chi connectivity index (χ1n) is 6.44. The number of hydrogen-bond acceptors (Lipinski definition) is 4. The fraction of sp³-hybridized carbons (Fsp3) is 0. The molecule has 1 heterocycles. The minimum absolute atomic E-state index is 0.106. The van der Waals surface area contributed by atoms with Crippen LogP contribution in [0.2, 0.25) is 5.02 Å². The standard InChI is InChI=1S/C16H11ClN4O2/c17-13-7-12(15(19)23)9-20-16(13)21-14(22)5-4-10-2-1-3-11(6-10)8-18/h1-7,9H,(H2,19,23)(H,20,21,22)/b5-4+. The summed E-state index contributed by atoms with van der Waals surface area (Å²) in [5.41, 5.74) is 6.47.